The fraction of sp³-hybridized carbons (Fsp3) is 0.700. The minimum atomic E-state index is -0.731. The third-order valence-electron chi connectivity index (χ3n) is 4.37. The molecule has 1 saturated carbocycles. The number of carbonyl (C=O) groups is 2. The van der Waals surface area contributed by atoms with Crippen molar-refractivity contribution >= 4 is 28.0 Å². The second kappa shape index (κ2) is 10.2. The van der Waals surface area contributed by atoms with Crippen LogP contribution in [0.5, 0.6) is 0 Å². The van der Waals surface area contributed by atoms with Gasteiger partial charge in [-0.3, -0.25) is 0 Å². The standard InChI is InChI=1S/C20H31BrN2O4/c1-20(2,3)27-19(25)23-17(18(24)26-16-6-4-5-7-16)12-13-22-15-10-8-14(21)9-11-15/h8,10-11,14,16-17,22H,4-7,9,12-13H2,1-3H3,(H,23,25)/t14?,17-/m0/s1. The average Bonchev–Trinajstić information content (AvgIpc) is 3.07. The Morgan fingerprint density at radius 1 is 1.30 bits per heavy atom. The predicted octanol–water partition coefficient (Wildman–Crippen LogP) is 3.95. The van der Waals surface area contributed by atoms with E-state index in [0.717, 1.165) is 37.8 Å². The Kier molecular flexibility index (Phi) is 8.20. The second-order valence-electron chi connectivity index (χ2n) is 8.03. The summed E-state index contributed by atoms with van der Waals surface area (Å²) in [5.41, 5.74) is 0.400. The SMILES string of the molecule is CC(C)(C)OC(=O)N[C@@H](CCNC1=CCC(Br)C=C1)C(=O)OC1CCCC1. The van der Waals surface area contributed by atoms with E-state index in [9.17, 15) is 9.59 Å². The molecule has 1 amide bonds. The van der Waals surface area contributed by atoms with Crippen LogP contribution in [0.3, 0.4) is 0 Å². The molecular formula is C20H31BrN2O4. The maximum Gasteiger partial charge on any atom is 0.408 e. The lowest BCUT2D eigenvalue weighted by Gasteiger charge is -2.24. The van der Waals surface area contributed by atoms with Gasteiger partial charge in [0.1, 0.15) is 17.7 Å². The van der Waals surface area contributed by atoms with E-state index in [1.165, 1.54) is 0 Å². The fourth-order valence-corrected chi connectivity index (χ4v) is 3.38. The molecule has 7 heteroatoms. The molecule has 0 aromatic heterocycles. The van der Waals surface area contributed by atoms with E-state index in [2.05, 4.69) is 38.7 Å². The Morgan fingerprint density at radius 2 is 2.00 bits per heavy atom. The molecule has 0 spiro atoms. The molecule has 2 atom stereocenters. The summed E-state index contributed by atoms with van der Waals surface area (Å²) in [6, 6.07) is -0.731. The first-order valence-corrected chi connectivity index (χ1v) is 10.6. The van der Waals surface area contributed by atoms with Crippen molar-refractivity contribution in [2.75, 3.05) is 6.54 Å². The van der Waals surface area contributed by atoms with Crippen molar-refractivity contribution in [3.05, 3.63) is 23.9 Å². The Bertz CT molecular complexity index is 577. The van der Waals surface area contributed by atoms with Crippen molar-refractivity contribution in [2.24, 2.45) is 0 Å². The zero-order valence-corrected chi connectivity index (χ0v) is 18.0. The topological polar surface area (TPSA) is 76.7 Å². The summed E-state index contributed by atoms with van der Waals surface area (Å²) in [6.07, 6.45) is 10.9. The molecular weight excluding hydrogens is 412 g/mol. The second-order valence-corrected chi connectivity index (χ2v) is 9.20. The molecule has 1 unspecified atom stereocenters. The molecule has 0 aromatic carbocycles. The predicted molar refractivity (Wildman–Crippen MR) is 109 cm³/mol. The molecule has 152 valence electrons. The highest BCUT2D eigenvalue weighted by atomic mass is 79.9. The smallest absolute Gasteiger partial charge is 0.408 e. The first kappa shape index (κ1) is 21.8. The number of allylic oxidation sites excluding steroid dienone is 3. The van der Waals surface area contributed by atoms with Crippen LogP contribution in [0.25, 0.3) is 0 Å². The van der Waals surface area contributed by atoms with E-state index >= 15 is 0 Å². The number of rotatable bonds is 7. The number of carbonyl (C=O) groups excluding carboxylic acids is 2. The molecule has 1 fully saturated rings. The van der Waals surface area contributed by atoms with Gasteiger partial charge in [-0.2, -0.15) is 0 Å². The van der Waals surface area contributed by atoms with Crippen LogP contribution in [-0.4, -0.2) is 41.2 Å². The van der Waals surface area contributed by atoms with E-state index in [-0.39, 0.29) is 12.1 Å². The Hall–Kier alpha value is -1.50. The number of alkyl halides is 1. The van der Waals surface area contributed by atoms with Gasteiger partial charge in [-0.15, -0.1) is 0 Å². The highest BCUT2D eigenvalue weighted by Crippen LogP contribution is 2.22. The number of nitrogens with one attached hydrogen (secondary N) is 2. The summed E-state index contributed by atoms with van der Waals surface area (Å²) >= 11 is 3.54. The number of alkyl carbamates (subject to hydrolysis) is 1. The number of esters is 1. The van der Waals surface area contributed by atoms with Crippen LogP contribution in [0.15, 0.2) is 23.9 Å². The van der Waals surface area contributed by atoms with E-state index in [4.69, 9.17) is 9.47 Å². The number of halogens is 1. The van der Waals surface area contributed by atoms with Crippen molar-refractivity contribution < 1.29 is 19.1 Å². The van der Waals surface area contributed by atoms with Crippen molar-refractivity contribution in [2.45, 2.75) is 81.9 Å². The summed E-state index contributed by atoms with van der Waals surface area (Å²) in [5, 5.41) is 5.97. The average molecular weight is 443 g/mol. The highest BCUT2D eigenvalue weighted by molar-refractivity contribution is 9.09. The van der Waals surface area contributed by atoms with Crippen LogP contribution < -0.4 is 10.6 Å². The lowest BCUT2D eigenvalue weighted by atomic mass is 10.1. The molecule has 0 bridgehead atoms. The van der Waals surface area contributed by atoms with Crippen LogP contribution in [0.1, 0.15) is 59.3 Å². The van der Waals surface area contributed by atoms with Crippen LogP contribution in [-0.2, 0) is 14.3 Å². The molecule has 2 aliphatic carbocycles. The van der Waals surface area contributed by atoms with E-state index in [1.54, 1.807) is 20.8 Å². The zero-order valence-electron chi connectivity index (χ0n) is 16.4. The number of hydrogen-bond acceptors (Lipinski definition) is 5. The van der Waals surface area contributed by atoms with Crippen LogP contribution >= 0.6 is 15.9 Å². The Labute approximate surface area is 170 Å². The van der Waals surface area contributed by atoms with Gasteiger partial charge in [0.15, 0.2) is 0 Å². The van der Waals surface area contributed by atoms with Crippen LogP contribution in [0.4, 0.5) is 4.79 Å². The maximum atomic E-state index is 12.6. The Balaban J connectivity index is 1.88. The van der Waals surface area contributed by atoms with Gasteiger partial charge in [-0.25, -0.2) is 9.59 Å². The molecule has 0 radical (unpaired) electrons. The van der Waals surface area contributed by atoms with Crippen molar-refractivity contribution in [3.63, 3.8) is 0 Å². The molecule has 2 N–H and O–H groups in total. The van der Waals surface area contributed by atoms with Crippen molar-refractivity contribution in [1.82, 2.24) is 10.6 Å². The largest absolute Gasteiger partial charge is 0.461 e. The summed E-state index contributed by atoms with van der Waals surface area (Å²) in [4.78, 5) is 25.1. The zero-order chi connectivity index (χ0) is 19.9. The lowest BCUT2D eigenvalue weighted by molar-refractivity contribution is -0.151. The maximum absolute atomic E-state index is 12.6. The summed E-state index contributed by atoms with van der Waals surface area (Å²) in [6.45, 7) is 5.92. The monoisotopic (exact) mass is 442 g/mol. The van der Waals surface area contributed by atoms with Gasteiger partial charge in [0, 0.05) is 17.1 Å². The quantitative estimate of drug-likeness (QED) is 0.460. The fourth-order valence-electron chi connectivity index (χ4n) is 3.04. The van der Waals surface area contributed by atoms with Gasteiger partial charge in [0.2, 0.25) is 0 Å². The number of amides is 1. The number of hydrogen-bond donors (Lipinski definition) is 2. The van der Waals surface area contributed by atoms with Crippen LogP contribution in [0.2, 0.25) is 0 Å². The van der Waals surface area contributed by atoms with Gasteiger partial charge < -0.3 is 20.1 Å². The summed E-state index contributed by atoms with van der Waals surface area (Å²) in [5.74, 6) is -0.386. The third kappa shape index (κ3) is 8.37. The lowest BCUT2D eigenvalue weighted by Crippen LogP contribution is -2.46. The minimum Gasteiger partial charge on any atom is -0.461 e. The van der Waals surface area contributed by atoms with Gasteiger partial charge in [-0.05, 0) is 65.4 Å². The molecule has 0 aliphatic heterocycles. The third-order valence-corrected chi connectivity index (χ3v) is 5.05. The summed E-state index contributed by atoms with van der Waals surface area (Å²) < 4.78 is 10.9. The van der Waals surface area contributed by atoms with Gasteiger partial charge in [0.25, 0.3) is 0 Å². The molecule has 2 rings (SSSR count). The first-order valence-electron chi connectivity index (χ1n) is 9.69. The van der Waals surface area contributed by atoms with Crippen LogP contribution in [0, 0.1) is 0 Å². The Morgan fingerprint density at radius 3 is 2.59 bits per heavy atom. The van der Waals surface area contributed by atoms with E-state index in [1.807, 2.05) is 6.08 Å². The minimum absolute atomic E-state index is 0.0340. The molecule has 6 nitrogen and oxygen atoms in total. The normalized spacial score (nSPS) is 21.3. The molecule has 0 aromatic rings. The molecule has 27 heavy (non-hydrogen) atoms. The first-order chi connectivity index (χ1) is 12.7. The summed E-state index contributed by atoms with van der Waals surface area (Å²) in [7, 11) is 0. The van der Waals surface area contributed by atoms with E-state index < -0.39 is 17.7 Å². The highest BCUT2D eigenvalue weighted by Gasteiger charge is 2.28. The van der Waals surface area contributed by atoms with Gasteiger partial charge >= 0.3 is 12.1 Å². The van der Waals surface area contributed by atoms with Crippen molar-refractivity contribution in [1.29, 1.82) is 0 Å². The molecule has 0 saturated heterocycles. The van der Waals surface area contributed by atoms with Gasteiger partial charge in [0.05, 0.1) is 0 Å². The molecule has 2 aliphatic rings. The molecule has 0 heterocycles. The number of ether oxygens (including phenoxy) is 2. The van der Waals surface area contributed by atoms with Gasteiger partial charge in [-0.1, -0.05) is 28.1 Å². The van der Waals surface area contributed by atoms with E-state index in [0.29, 0.717) is 17.8 Å². The van der Waals surface area contributed by atoms with Crippen molar-refractivity contribution in [3.8, 4) is 0 Å².